The van der Waals surface area contributed by atoms with E-state index in [-0.39, 0.29) is 17.8 Å². The predicted molar refractivity (Wildman–Crippen MR) is 136 cm³/mol. The summed E-state index contributed by atoms with van der Waals surface area (Å²) in [5.41, 5.74) is 5.32. The second-order valence-electron chi connectivity index (χ2n) is 8.56. The Morgan fingerprint density at radius 3 is 2.30 bits per heavy atom. The number of nitrogens with one attached hydrogen (secondary N) is 1. The molecule has 0 bridgehead atoms. The number of aromatic hydroxyl groups is 1. The quantitative estimate of drug-likeness (QED) is 0.369. The highest BCUT2D eigenvalue weighted by atomic mass is 32.1. The van der Waals surface area contributed by atoms with Crippen LogP contribution in [-0.4, -0.2) is 19.8 Å². The van der Waals surface area contributed by atoms with E-state index in [4.69, 9.17) is 12.2 Å². The smallest absolute Gasteiger partial charge is 0.174 e. The molecule has 0 spiro atoms. The molecular weight excluding hydrogens is 428 g/mol. The first-order chi connectivity index (χ1) is 16.0. The maximum atomic E-state index is 9.76. The van der Waals surface area contributed by atoms with Crippen LogP contribution in [-0.2, 0) is 0 Å². The third-order valence-electron chi connectivity index (χ3n) is 6.15. The van der Waals surface area contributed by atoms with Gasteiger partial charge in [0.15, 0.2) is 5.11 Å². The molecule has 2 aromatic heterocycles. The van der Waals surface area contributed by atoms with Crippen molar-refractivity contribution in [1.29, 1.82) is 0 Å². The molecule has 1 aliphatic rings. The molecule has 1 fully saturated rings. The van der Waals surface area contributed by atoms with Crippen LogP contribution < -0.4 is 10.2 Å². The number of benzene rings is 2. The van der Waals surface area contributed by atoms with Crippen LogP contribution in [0.25, 0.3) is 5.69 Å². The van der Waals surface area contributed by atoms with E-state index in [1.165, 1.54) is 5.56 Å². The fourth-order valence-corrected chi connectivity index (χ4v) is 4.78. The zero-order chi connectivity index (χ0) is 22.9. The molecule has 0 radical (unpaired) electrons. The van der Waals surface area contributed by atoms with Crippen LogP contribution in [0.5, 0.6) is 5.75 Å². The molecule has 0 saturated carbocycles. The van der Waals surface area contributed by atoms with Crippen LogP contribution in [0, 0.1) is 0 Å². The Morgan fingerprint density at radius 1 is 0.909 bits per heavy atom. The summed E-state index contributed by atoms with van der Waals surface area (Å²) in [5.74, 6) is 0.709. The van der Waals surface area contributed by atoms with E-state index >= 15 is 0 Å². The molecule has 5 rings (SSSR count). The minimum atomic E-state index is -0.116. The van der Waals surface area contributed by atoms with Gasteiger partial charge in [-0.25, -0.2) is 0 Å². The lowest BCUT2D eigenvalue weighted by Gasteiger charge is -2.29. The summed E-state index contributed by atoms with van der Waals surface area (Å²) in [4.78, 5) is 6.83. The SMILES string of the molecule is CC(C)c1ccc(N2C(=S)N[C@@H](c3ccccn3)[C@H]2c2cccn2-c2ccc(O)cc2)cc1. The Labute approximate surface area is 199 Å². The first-order valence-corrected chi connectivity index (χ1v) is 11.5. The van der Waals surface area contributed by atoms with E-state index < -0.39 is 0 Å². The predicted octanol–water partition coefficient (Wildman–Crippen LogP) is 5.88. The standard InChI is InChI=1S/C27H26N4OS/c1-18(2)19-8-10-21(11-9-19)31-26(25(29-27(31)33)23-6-3-4-16-28-23)24-7-5-17-30(24)20-12-14-22(32)15-13-20/h3-18,25-26,32H,1-2H3,(H,29,33)/t25-,26+/m0/s1. The molecule has 2 N–H and O–H groups in total. The van der Waals surface area contributed by atoms with Crippen LogP contribution in [0.1, 0.15) is 48.8 Å². The Morgan fingerprint density at radius 2 is 1.64 bits per heavy atom. The highest BCUT2D eigenvalue weighted by Gasteiger charge is 2.42. The molecule has 0 unspecified atom stereocenters. The van der Waals surface area contributed by atoms with Gasteiger partial charge in [0.05, 0.1) is 11.7 Å². The van der Waals surface area contributed by atoms with Gasteiger partial charge in [-0.3, -0.25) is 4.98 Å². The molecule has 0 aliphatic carbocycles. The highest BCUT2D eigenvalue weighted by molar-refractivity contribution is 7.80. The van der Waals surface area contributed by atoms with Crippen molar-refractivity contribution in [3.8, 4) is 11.4 Å². The van der Waals surface area contributed by atoms with E-state index in [9.17, 15) is 5.11 Å². The largest absolute Gasteiger partial charge is 0.508 e. The summed E-state index contributed by atoms with van der Waals surface area (Å²) in [5, 5.41) is 14.0. The van der Waals surface area contributed by atoms with Crippen LogP contribution >= 0.6 is 12.2 Å². The van der Waals surface area contributed by atoms with Crippen molar-refractivity contribution in [2.75, 3.05) is 4.90 Å². The van der Waals surface area contributed by atoms with Gasteiger partial charge >= 0.3 is 0 Å². The molecule has 6 heteroatoms. The van der Waals surface area contributed by atoms with Crippen molar-refractivity contribution in [2.24, 2.45) is 0 Å². The van der Waals surface area contributed by atoms with Gasteiger partial charge in [0.25, 0.3) is 0 Å². The maximum absolute atomic E-state index is 9.76. The topological polar surface area (TPSA) is 53.3 Å². The lowest BCUT2D eigenvalue weighted by molar-refractivity contribution is 0.475. The maximum Gasteiger partial charge on any atom is 0.174 e. The van der Waals surface area contributed by atoms with E-state index in [1.54, 1.807) is 12.1 Å². The highest BCUT2D eigenvalue weighted by Crippen LogP contribution is 2.42. The molecular formula is C27H26N4OS. The average Bonchev–Trinajstić information content (AvgIpc) is 3.44. The zero-order valence-electron chi connectivity index (χ0n) is 18.6. The summed E-state index contributed by atoms with van der Waals surface area (Å²) >= 11 is 5.86. The molecule has 1 aliphatic heterocycles. The summed E-state index contributed by atoms with van der Waals surface area (Å²) in [6.45, 7) is 4.39. The summed E-state index contributed by atoms with van der Waals surface area (Å²) in [6.07, 6.45) is 3.86. The number of aromatic nitrogens is 2. The molecule has 2 atom stereocenters. The van der Waals surface area contributed by atoms with E-state index in [2.05, 4.69) is 63.9 Å². The number of anilines is 1. The number of phenolic OH excluding ortho intramolecular Hbond substituents is 1. The number of phenols is 1. The third kappa shape index (κ3) is 3.98. The molecule has 2 aromatic carbocycles. The number of pyridine rings is 1. The molecule has 5 nitrogen and oxygen atoms in total. The Kier molecular flexibility index (Phi) is 5.60. The second kappa shape index (κ2) is 8.71. The second-order valence-corrected chi connectivity index (χ2v) is 8.95. The third-order valence-corrected chi connectivity index (χ3v) is 6.46. The number of thiocarbonyl (C=S) groups is 1. The van der Waals surface area contributed by atoms with E-state index in [1.807, 2.05) is 48.8 Å². The monoisotopic (exact) mass is 454 g/mol. The van der Waals surface area contributed by atoms with Crippen molar-refractivity contribution >= 4 is 23.0 Å². The Balaban J connectivity index is 1.63. The number of hydrogen-bond donors (Lipinski definition) is 2. The van der Waals surface area contributed by atoms with E-state index in [0.717, 1.165) is 22.8 Å². The zero-order valence-corrected chi connectivity index (χ0v) is 19.4. The fourth-order valence-electron chi connectivity index (χ4n) is 4.44. The summed E-state index contributed by atoms with van der Waals surface area (Å²) in [6, 6.07) is 25.8. The van der Waals surface area contributed by atoms with Gasteiger partial charge in [0, 0.05) is 29.5 Å². The molecule has 4 aromatic rings. The Hall–Kier alpha value is -3.64. The average molecular weight is 455 g/mol. The van der Waals surface area contributed by atoms with Crippen molar-refractivity contribution in [1.82, 2.24) is 14.9 Å². The number of nitrogens with zero attached hydrogens (tertiary/aromatic N) is 3. The van der Waals surface area contributed by atoms with Crippen LogP contribution in [0.15, 0.2) is 91.3 Å². The minimum absolute atomic E-state index is 0.110. The summed E-state index contributed by atoms with van der Waals surface area (Å²) < 4.78 is 2.14. The van der Waals surface area contributed by atoms with Gasteiger partial charge in [-0.1, -0.05) is 32.0 Å². The van der Waals surface area contributed by atoms with Gasteiger partial charge in [-0.2, -0.15) is 0 Å². The van der Waals surface area contributed by atoms with Crippen LogP contribution in [0.4, 0.5) is 5.69 Å². The van der Waals surface area contributed by atoms with Gasteiger partial charge < -0.3 is 19.9 Å². The van der Waals surface area contributed by atoms with Crippen molar-refractivity contribution in [3.05, 3.63) is 108 Å². The van der Waals surface area contributed by atoms with Gasteiger partial charge in [-0.15, -0.1) is 0 Å². The first kappa shape index (κ1) is 21.2. The lowest BCUT2D eigenvalue weighted by atomic mass is 9.99. The lowest BCUT2D eigenvalue weighted by Crippen LogP contribution is -2.30. The van der Waals surface area contributed by atoms with Gasteiger partial charge in [0.1, 0.15) is 11.8 Å². The number of hydrogen-bond acceptors (Lipinski definition) is 3. The number of rotatable bonds is 5. The van der Waals surface area contributed by atoms with E-state index in [0.29, 0.717) is 11.0 Å². The summed E-state index contributed by atoms with van der Waals surface area (Å²) in [7, 11) is 0. The fraction of sp³-hybridized carbons (Fsp3) is 0.185. The van der Waals surface area contributed by atoms with Crippen molar-refractivity contribution < 1.29 is 5.11 Å². The Bertz CT molecular complexity index is 1250. The van der Waals surface area contributed by atoms with Gasteiger partial charge in [0.2, 0.25) is 0 Å². The molecule has 0 amide bonds. The van der Waals surface area contributed by atoms with Gasteiger partial charge in [-0.05, 0) is 84.4 Å². The molecule has 3 heterocycles. The normalized spacial score (nSPS) is 18.0. The van der Waals surface area contributed by atoms with Crippen molar-refractivity contribution in [2.45, 2.75) is 31.8 Å². The molecule has 33 heavy (non-hydrogen) atoms. The van der Waals surface area contributed by atoms with Crippen LogP contribution in [0.3, 0.4) is 0 Å². The first-order valence-electron chi connectivity index (χ1n) is 11.1. The molecule has 1 saturated heterocycles. The van der Waals surface area contributed by atoms with Crippen molar-refractivity contribution in [3.63, 3.8) is 0 Å². The molecule has 166 valence electrons. The minimum Gasteiger partial charge on any atom is -0.508 e. The van der Waals surface area contributed by atoms with Crippen LogP contribution in [0.2, 0.25) is 0 Å².